The summed E-state index contributed by atoms with van der Waals surface area (Å²) in [7, 11) is 0. The summed E-state index contributed by atoms with van der Waals surface area (Å²) in [5, 5.41) is 5.83. The number of anilines is 1. The van der Waals surface area contributed by atoms with Crippen molar-refractivity contribution in [1.29, 1.82) is 0 Å². The normalized spacial score (nSPS) is 10.7. The van der Waals surface area contributed by atoms with Crippen molar-refractivity contribution in [3.05, 3.63) is 77.6 Å². The minimum atomic E-state index is -0.211. The van der Waals surface area contributed by atoms with Gasteiger partial charge in [-0.15, -0.1) is 0 Å². The van der Waals surface area contributed by atoms with Gasteiger partial charge in [0.2, 0.25) is 0 Å². The molecule has 0 amide bonds. The van der Waals surface area contributed by atoms with E-state index in [2.05, 4.69) is 48.6 Å². The molecule has 0 saturated heterocycles. The molecule has 0 saturated carbocycles. The molecular formula is C18H16FN. The fourth-order valence-corrected chi connectivity index (χ4v) is 2.36. The predicted molar refractivity (Wildman–Crippen MR) is 82.4 cm³/mol. The molecule has 100 valence electrons. The molecule has 1 N–H and O–H groups in total. The molecule has 0 heterocycles. The van der Waals surface area contributed by atoms with Crippen LogP contribution in [0.25, 0.3) is 10.8 Å². The highest BCUT2D eigenvalue weighted by molar-refractivity contribution is 5.84. The maximum Gasteiger partial charge on any atom is 0.123 e. The van der Waals surface area contributed by atoms with Crippen molar-refractivity contribution in [1.82, 2.24) is 0 Å². The molecule has 3 rings (SSSR count). The molecule has 0 unspecified atom stereocenters. The number of benzene rings is 3. The van der Waals surface area contributed by atoms with Crippen molar-refractivity contribution in [3.8, 4) is 0 Å². The van der Waals surface area contributed by atoms with Crippen LogP contribution in [0.3, 0.4) is 0 Å². The van der Waals surface area contributed by atoms with E-state index in [1.54, 1.807) is 12.1 Å². The van der Waals surface area contributed by atoms with Gasteiger partial charge in [0.15, 0.2) is 0 Å². The van der Waals surface area contributed by atoms with Crippen molar-refractivity contribution in [2.75, 3.05) is 5.32 Å². The average molecular weight is 265 g/mol. The fourth-order valence-electron chi connectivity index (χ4n) is 2.36. The highest BCUT2D eigenvalue weighted by atomic mass is 19.1. The molecule has 3 aromatic rings. The minimum absolute atomic E-state index is 0.211. The molecule has 0 radical (unpaired) electrons. The van der Waals surface area contributed by atoms with Crippen LogP contribution in [-0.4, -0.2) is 0 Å². The van der Waals surface area contributed by atoms with Crippen LogP contribution in [0.1, 0.15) is 11.1 Å². The molecule has 0 aliphatic heterocycles. The zero-order chi connectivity index (χ0) is 13.9. The highest BCUT2D eigenvalue weighted by Gasteiger charge is 2.02. The minimum Gasteiger partial charge on any atom is -0.381 e. The fraction of sp³-hybridized carbons (Fsp3) is 0.111. The van der Waals surface area contributed by atoms with Gasteiger partial charge in [-0.25, -0.2) is 4.39 Å². The molecule has 0 fully saturated rings. The topological polar surface area (TPSA) is 12.0 Å². The molecular weight excluding hydrogens is 249 g/mol. The Bertz CT molecular complexity index is 732. The lowest BCUT2D eigenvalue weighted by Crippen LogP contribution is -2.01. The van der Waals surface area contributed by atoms with E-state index in [-0.39, 0.29) is 5.82 Å². The van der Waals surface area contributed by atoms with Gasteiger partial charge in [0.05, 0.1) is 0 Å². The van der Waals surface area contributed by atoms with E-state index in [1.807, 2.05) is 0 Å². The Hall–Kier alpha value is -2.35. The van der Waals surface area contributed by atoms with Gasteiger partial charge in [-0.1, -0.05) is 30.3 Å². The third-order valence-corrected chi connectivity index (χ3v) is 3.53. The third-order valence-electron chi connectivity index (χ3n) is 3.53. The van der Waals surface area contributed by atoms with Gasteiger partial charge in [0.1, 0.15) is 5.82 Å². The SMILES string of the molecule is Cc1cc2ccccc2cc1CNc1ccc(F)cc1. The van der Waals surface area contributed by atoms with Crippen molar-refractivity contribution >= 4 is 16.5 Å². The second kappa shape index (κ2) is 5.33. The first-order chi connectivity index (χ1) is 9.72. The van der Waals surface area contributed by atoms with Crippen LogP contribution in [0.4, 0.5) is 10.1 Å². The Morgan fingerprint density at radius 3 is 2.25 bits per heavy atom. The maximum absolute atomic E-state index is 12.9. The highest BCUT2D eigenvalue weighted by Crippen LogP contribution is 2.20. The van der Waals surface area contributed by atoms with Crippen LogP contribution in [0.2, 0.25) is 0 Å². The Labute approximate surface area is 118 Å². The molecule has 0 aliphatic carbocycles. The molecule has 2 heteroatoms. The van der Waals surface area contributed by atoms with Crippen molar-refractivity contribution in [2.45, 2.75) is 13.5 Å². The maximum atomic E-state index is 12.9. The van der Waals surface area contributed by atoms with Gasteiger partial charge in [0.25, 0.3) is 0 Å². The first kappa shape index (κ1) is 12.7. The molecule has 0 atom stereocenters. The Morgan fingerprint density at radius 2 is 1.55 bits per heavy atom. The van der Waals surface area contributed by atoms with Gasteiger partial charge in [-0.3, -0.25) is 0 Å². The number of rotatable bonds is 3. The van der Waals surface area contributed by atoms with Gasteiger partial charge in [0, 0.05) is 12.2 Å². The molecule has 0 spiro atoms. The number of hydrogen-bond acceptors (Lipinski definition) is 1. The monoisotopic (exact) mass is 265 g/mol. The van der Waals surface area contributed by atoms with E-state index >= 15 is 0 Å². The van der Waals surface area contributed by atoms with Gasteiger partial charge >= 0.3 is 0 Å². The largest absolute Gasteiger partial charge is 0.381 e. The summed E-state index contributed by atoms with van der Waals surface area (Å²) in [5.41, 5.74) is 3.45. The lowest BCUT2D eigenvalue weighted by atomic mass is 10.0. The molecule has 0 aromatic heterocycles. The van der Waals surface area contributed by atoms with E-state index in [4.69, 9.17) is 0 Å². The number of aryl methyl sites for hydroxylation is 1. The number of halogens is 1. The van der Waals surface area contributed by atoms with E-state index in [1.165, 1.54) is 34.0 Å². The Balaban J connectivity index is 1.83. The average Bonchev–Trinajstić information content (AvgIpc) is 2.47. The summed E-state index contributed by atoms with van der Waals surface area (Å²) >= 11 is 0. The van der Waals surface area contributed by atoms with Crippen molar-refractivity contribution in [2.24, 2.45) is 0 Å². The van der Waals surface area contributed by atoms with Crippen LogP contribution in [0.15, 0.2) is 60.7 Å². The predicted octanol–water partition coefficient (Wildman–Crippen LogP) is 4.90. The van der Waals surface area contributed by atoms with Crippen LogP contribution in [0, 0.1) is 12.7 Å². The summed E-state index contributed by atoms with van der Waals surface area (Å²) in [5.74, 6) is -0.211. The van der Waals surface area contributed by atoms with E-state index in [9.17, 15) is 4.39 Å². The smallest absolute Gasteiger partial charge is 0.123 e. The first-order valence-corrected chi connectivity index (χ1v) is 6.70. The van der Waals surface area contributed by atoms with Crippen LogP contribution >= 0.6 is 0 Å². The standard InChI is InChI=1S/C18H16FN/c1-13-10-14-4-2-3-5-15(14)11-16(13)12-20-18-8-6-17(19)7-9-18/h2-11,20H,12H2,1H3. The Kier molecular flexibility index (Phi) is 3.38. The summed E-state index contributed by atoms with van der Waals surface area (Å²) in [6, 6.07) is 19.2. The quantitative estimate of drug-likeness (QED) is 0.710. The lowest BCUT2D eigenvalue weighted by Gasteiger charge is -2.11. The lowest BCUT2D eigenvalue weighted by molar-refractivity contribution is 0.628. The van der Waals surface area contributed by atoms with E-state index in [0.29, 0.717) is 0 Å². The van der Waals surface area contributed by atoms with Gasteiger partial charge in [-0.05, 0) is 59.2 Å². The van der Waals surface area contributed by atoms with E-state index in [0.717, 1.165) is 12.2 Å². The third kappa shape index (κ3) is 2.64. The summed E-state index contributed by atoms with van der Waals surface area (Å²) in [4.78, 5) is 0. The van der Waals surface area contributed by atoms with Gasteiger partial charge in [-0.2, -0.15) is 0 Å². The summed E-state index contributed by atoms with van der Waals surface area (Å²) < 4.78 is 12.9. The molecule has 1 nitrogen and oxygen atoms in total. The zero-order valence-electron chi connectivity index (χ0n) is 11.4. The number of nitrogens with one attached hydrogen (secondary N) is 1. The zero-order valence-corrected chi connectivity index (χ0v) is 11.4. The molecule has 0 aliphatic rings. The van der Waals surface area contributed by atoms with Crippen LogP contribution in [-0.2, 0) is 6.54 Å². The summed E-state index contributed by atoms with van der Waals surface area (Å²) in [6.45, 7) is 2.86. The van der Waals surface area contributed by atoms with Crippen molar-refractivity contribution in [3.63, 3.8) is 0 Å². The van der Waals surface area contributed by atoms with Crippen LogP contribution in [0.5, 0.6) is 0 Å². The van der Waals surface area contributed by atoms with Crippen molar-refractivity contribution < 1.29 is 4.39 Å². The molecule has 0 bridgehead atoms. The second-order valence-electron chi connectivity index (χ2n) is 4.99. The molecule has 3 aromatic carbocycles. The number of fused-ring (bicyclic) bond motifs is 1. The summed E-state index contributed by atoms with van der Waals surface area (Å²) in [6.07, 6.45) is 0. The second-order valence-corrected chi connectivity index (χ2v) is 4.99. The van der Waals surface area contributed by atoms with E-state index < -0.39 is 0 Å². The Morgan fingerprint density at radius 1 is 0.900 bits per heavy atom. The number of hydrogen-bond donors (Lipinski definition) is 1. The molecule has 20 heavy (non-hydrogen) atoms. The first-order valence-electron chi connectivity index (χ1n) is 6.70. The van der Waals surface area contributed by atoms with Crippen LogP contribution < -0.4 is 5.32 Å². The van der Waals surface area contributed by atoms with Gasteiger partial charge < -0.3 is 5.32 Å².